The van der Waals surface area contributed by atoms with Gasteiger partial charge in [0, 0.05) is 12.1 Å². The van der Waals surface area contributed by atoms with Crippen LogP contribution < -0.4 is 10.6 Å². The maximum atomic E-state index is 3.91. The van der Waals surface area contributed by atoms with Gasteiger partial charge in [0.05, 0.1) is 0 Å². The van der Waals surface area contributed by atoms with Gasteiger partial charge in [-0.1, -0.05) is 13.8 Å². The highest BCUT2D eigenvalue weighted by molar-refractivity contribution is 4.83. The summed E-state index contributed by atoms with van der Waals surface area (Å²) in [5.41, 5.74) is 0. The second kappa shape index (κ2) is 6.02. The van der Waals surface area contributed by atoms with Crippen LogP contribution in [-0.2, 0) is 0 Å². The van der Waals surface area contributed by atoms with E-state index in [1.807, 2.05) is 0 Å². The fourth-order valence-electron chi connectivity index (χ4n) is 3.22. The number of rotatable bonds is 2. The standard InChI is InChI=1S/C14H28N2/c1-11-5-6-14(10-12(11)2)16-13-4-3-8-15-9-7-13/h11-16H,3-10H2,1-2H3. The molecule has 0 aromatic rings. The van der Waals surface area contributed by atoms with Crippen molar-refractivity contribution < 1.29 is 0 Å². The molecule has 1 aliphatic carbocycles. The SMILES string of the molecule is CC1CCC(NC2CCCNCC2)CC1C. The minimum Gasteiger partial charge on any atom is -0.317 e. The lowest BCUT2D eigenvalue weighted by Gasteiger charge is -2.35. The molecule has 1 aliphatic heterocycles. The van der Waals surface area contributed by atoms with E-state index in [9.17, 15) is 0 Å². The molecule has 4 unspecified atom stereocenters. The third kappa shape index (κ3) is 3.46. The van der Waals surface area contributed by atoms with Gasteiger partial charge in [0.15, 0.2) is 0 Å². The molecule has 2 fully saturated rings. The van der Waals surface area contributed by atoms with Gasteiger partial charge in [0.2, 0.25) is 0 Å². The quantitative estimate of drug-likeness (QED) is 0.753. The summed E-state index contributed by atoms with van der Waals surface area (Å²) in [4.78, 5) is 0. The van der Waals surface area contributed by atoms with E-state index in [1.165, 1.54) is 51.6 Å². The van der Waals surface area contributed by atoms with Crippen molar-refractivity contribution >= 4 is 0 Å². The topological polar surface area (TPSA) is 24.1 Å². The van der Waals surface area contributed by atoms with Crippen LogP contribution in [0.1, 0.15) is 52.4 Å². The average Bonchev–Trinajstić information content (AvgIpc) is 2.52. The van der Waals surface area contributed by atoms with Crippen LogP contribution in [-0.4, -0.2) is 25.2 Å². The Kier molecular flexibility index (Phi) is 4.66. The summed E-state index contributed by atoms with van der Waals surface area (Å²) in [5.74, 6) is 1.85. The van der Waals surface area contributed by atoms with Gasteiger partial charge in [-0.2, -0.15) is 0 Å². The van der Waals surface area contributed by atoms with Gasteiger partial charge in [-0.3, -0.25) is 0 Å². The van der Waals surface area contributed by atoms with Gasteiger partial charge in [-0.05, 0) is 63.5 Å². The Hall–Kier alpha value is -0.0800. The zero-order valence-corrected chi connectivity index (χ0v) is 11.0. The Labute approximate surface area is 101 Å². The number of hydrogen-bond acceptors (Lipinski definition) is 2. The molecule has 1 heterocycles. The molecule has 0 spiro atoms. The molecule has 2 heteroatoms. The first-order valence-electron chi connectivity index (χ1n) is 7.22. The second-order valence-electron chi connectivity index (χ2n) is 6.01. The Morgan fingerprint density at radius 1 is 0.875 bits per heavy atom. The van der Waals surface area contributed by atoms with Gasteiger partial charge >= 0.3 is 0 Å². The number of nitrogens with one attached hydrogen (secondary N) is 2. The summed E-state index contributed by atoms with van der Waals surface area (Å²) in [6.45, 7) is 7.26. The van der Waals surface area contributed by atoms with Crippen molar-refractivity contribution in [3.8, 4) is 0 Å². The maximum Gasteiger partial charge on any atom is 0.00822 e. The summed E-state index contributed by atoms with van der Waals surface area (Å²) in [5, 5.41) is 7.40. The molecule has 2 N–H and O–H groups in total. The Balaban J connectivity index is 1.75. The molecular weight excluding hydrogens is 196 g/mol. The molecule has 94 valence electrons. The molecule has 0 bridgehead atoms. The van der Waals surface area contributed by atoms with E-state index in [0.29, 0.717) is 0 Å². The lowest BCUT2D eigenvalue weighted by atomic mass is 9.79. The van der Waals surface area contributed by atoms with Crippen LogP contribution in [0.3, 0.4) is 0 Å². The van der Waals surface area contributed by atoms with Crippen molar-refractivity contribution in [3.63, 3.8) is 0 Å². The lowest BCUT2D eigenvalue weighted by molar-refractivity contribution is 0.211. The van der Waals surface area contributed by atoms with Crippen LogP contribution in [0, 0.1) is 11.8 Å². The van der Waals surface area contributed by atoms with Gasteiger partial charge in [-0.15, -0.1) is 0 Å². The average molecular weight is 224 g/mol. The van der Waals surface area contributed by atoms with Gasteiger partial charge in [0.1, 0.15) is 0 Å². The molecule has 16 heavy (non-hydrogen) atoms. The van der Waals surface area contributed by atoms with E-state index in [2.05, 4.69) is 24.5 Å². The van der Waals surface area contributed by atoms with Crippen LogP contribution in [0.2, 0.25) is 0 Å². The molecule has 2 rings (SSSR count). The van der Waals surface area contributed by atoms with Crippen molar-refractivity contribution in [2.24, 2.45) is 11.8 Å². The Morgan fingerprint density at radius 2 is 1.75 bits per heavy atom. The van der Waals surface area contributed by atoms with Crippen molar-refractivity contribution in [1.29, 1.82) is 0 Å². The Bertz CT molecular complexity index is 197. The van der Waals surface area contributed by atoms with E-state index >= 15 is 0 Å². The van der Waals surface area contributed by atoms with Crippen molar-refractivity contribution in [2.45, 2.75) is 64.5 Å². The third-order valence-corrected chi connectivity index (χ3v) is 4.65. The molecular formula is C14H28N2. The molecule has 2 aliphatic rings. The smallest absolute Gasteiger partial charge is 0.00822 e. The van der Waals surface area contributed by atoms with E-state index in [1.54, 1.807) is 0 Å². The molecule has 0 aromatic carbocycles. The van der Waals surface area contributed by atoms with Crippen molar-refractivity contribution in [1.82, 2.24) is 10.6 Å². The van der Waals surface area contributed by atoms with Crippen LogP contribution in [0.5, 0.6) is 0 Å². The minimum atomic E-state index is 0.778. The summed E-state index contributed by atoms with van der Waals surface area (Å²) in [6, 6.07) is 1.58. The van der Waals surface area contributed by atoms with Gasteiger partial charge < -0.3 is 10.6 Å². The molecule has 0 amide bonds. The largest absolute Gasteiger partial charge is 0.317 e. The zero-order chi connectivity index (χ0) is 11.4. The van der Waals surface area contributed by atoms with E-state index in [-0.39, 0.29) is 0 Å². The monoisotopic (exact) mass is 224 g/mol. The first-order valence-corrected chi connectivity index (χ1v) is 7.22. The van der Waals surface area contributed by atoms with Gasteiger partial charge in [-0.25, -0.2) is 0 Å². The van der Waals surface area contributed by atoms with Crippen LogP contribution >= 0.6 is 0 Å². The molecule has 0 aromatic heterocycles. The first kappa shape index (κ1) is 12.4. The van der Waals surface area contributed by atoms with Crippen LogP contribution in [0.4, 0.5) is 0 Å². The summed E-state index contributed by atoms with van der Waals surface area (Å²) < 4.78 is 0. The molecule has 1 saturated heterocycles. The highest BCUT2D eigenvalue weighted by atomic mass is 15.0. The van der Waals surface area contributed by atoms with E-state index in [4.69, 9.17) is 0 Å². The fourth-order valence-corrected chi connectivity index (χ4v) is 3.22. The lowest BCUT2D eigenvalue weighted by Crippen LogP contribution is -2.42. The molecule has 0 radical (unpaired) electrons. The predicted octanol–water partition coefficient (Wildman–Crippen LogP) is 2.54. The highest BCUT2D eigenvalue weighted by Crippen LogP contribution is 2.29. The third-order valence-electron chi connectivity index (χ3n) is 4.65. The zero-order valence-electron chi connectivity index (χ0n) is 11.0. The number of hydrogen-bond donors (Lipinski definition) is 2. The van der Waals surface area contributed by atoms with Crippen LogP contribution in [0.25, 0.3) is 0 Å². The molecule has 2 nitrogen and oxygen atoms in total. The summed E-state index contributed by atoms with van der Waals surface area (Å²) in [6.07, 6.45) is 8.24. The fraction of sp³-hybridized carbons (Fsp3) is 1.00. The van der Waals surface area contributed by atoms with Gasteiger partial charge in [0.25, 0.3) is 0 Å². The maximum absolute atomic E-state index is 3.91. The second-order valence-corrected chi connectivity index (χ2v) is 6.01. The molecule has 4 atom stereocenters. The van der Waals surface area contributed by atoms with E-state index < -0.39 is 0 Å². The highest BCUT2D eigenvalue weighted by Gasteiger charge is 2.26. The van der Waals surface area contributed by atoms with Crippen molar-refractivity contribution in [2.75, 3.05) is 13.1 Å². The van der Waals surface area contributed by atoms with Crippen LogP contribution in [0.15, 0.2) is 0 Å². The van der Waals surface area contributed by atoms with Crippen molar-refractivity contribution in [3.05, 3.63) is 0 Å². The summed E-state index contributed by atoms with van der Waals surface area (Å²) in [7, 11) is 0. The predicted molar refractivity (Wildman–Crippen MR) is 69.6 cm³/mol. The molecule has 1 saturated carbocycles. The Morgan fingerprint density at radius 3 is 2.56 bits per heavy atom. The normalized spacial score (nSPS) is 41.6. The minimum absolute atomic E-state index is 0.778. The summed E-state index contributed by atoms with van der Waals surface area (Å²) >= 11 is 0. The first-order chi connectivity index (χ1) is 7.75. The van der Waals surface area contributed by atoms with E-state index in [0.717, 1.165) is 23.9 Å².